The maximum atomic E-state index is 11.7. The highest BCUT2D eigenvalue weighted by atomic mass is 16.5. The number of amides is 1. The second kappa shape index (κ2) is 6.73. The van der Waals surface area contributed by atoms with Gasteiger partial charge in [-0.3, -0.25) is 4.79 Å². The third kappa shape index (κ3) is 3.94. The van der Waals surface area contributed by atoms with Gasteiger partial charge in [0, 0.05) is 13.1 Å². The number of anilines is 1. The van der Waals surface area contributed by atoms with Crippen LogP contribution in [0.15, 0.2) is 18.3 Å². The van der Waals surface area contributed by atoms with Crippen LogP contribution in [0.1, 0.15) is 13.8 Å². The third-order valence-electron chi connectivity index (χ3n) is 2.51. The molecule has 0 unspecified atom stereocenters. The Hall–Kier alpha value is -1.78. The van der Waals surface area contributed by atoms with Crippen LogP contribution in [-0.4, -0.2) is 42.5 Å². The van der Waals surface area contributed by atoms with Gasteiger partial charge >= 0.3 is 0 Å². The van der Waals surface area contributed by atoms with Gasteiger partial charge in [0.25, 0.3) is 0 Å². The van der Waals surface area contributed by atoms with E-state index < -0.39 is 0 Å². The average Bonchev–Trinajstić information content (AvgIpc) is 2.38. The van der Waals surface area contributed by atoms with Gasteiger partial charge in [0.2, 0.25) is 5.91 Å². The first kappa shape index (κ1) is 13.3. The number of carbonyl (C=O) groups is 1. The van der Waals surface area contributed by atoms with Crippen LogP contribution >= 0.6 is 0 Å². The fraction of sp³-hybridized carbons (Fsp3) is 0.500. The quantitative estimate of drug-likeness (QED) is 0.812. The standard InChI is InChI=1S/C12H19N3O2/c1-4-15(5-2)12(16)9-14-11-7-6-10(17-3)8-13-11/h6-8H,4-5,9H2,1-3H3,(H,13,14). The van der Waals surface area contributed by atoms with Crippen LogP contribution in [0.25, 0.3) is 0 Å². The predicted molar refractivity (Wildman–Crippen MR) is 67.2 cm³/mol. The van der Waals surface area contributed by atoms with E-state index in [9.17, 15) is 4.79 Å². The molecule has 0 saturated heterocycles. The molecule has 17 heavy (non-hydrogen) atoms. The number of nitrogens with one attached hydrogen (secondary N) is 1. The van der Waals surface area contributed by atoms with E-state index in [-0.39, 0.29) is 12.5 Å². The molecule has 0 aromatic carbocycles. The lowest BCUT2D eigenvalue weighted by Crippen LogP contribution is -2.35. The number of ether oxygens (including phenoxy) is 1. The molecule has 0 aliphatic carbocycles. The van der Waals surface area contributed by atoms with Crippen molar-refractivity contribution in [1.29, 1.82) is 0 Å². The zero-order valence-corrected chi connectivity index (χ0v) is 10.6. The molecule has 0 radical (unpaired) electrons. The molecule has 0 fully saturated rings. The number of pyridine rings is 1. The highest BCUT2D eigenvalue weighted by Gasteiger charge is 2.08. The Labute approximate surface area is 102 Å². The zero-order valence-electron chi connectivity index (χ0n) is 10.6. The smallest absolute Gasteiger partial charge is 0.241 e. The van der Waals surface area contributed by atoms with Crippen LogP contribution in [0.5, 0.6) is 5.75 Å². The lowest BCUT2D eigenvalue weighted by molar-refractivity contribution is -0.128. The second-order valence-electron chi connectivity index (χ2n) is 3.50. The normalized spacial score (nSPS) is 9.82. The van der Waals surface area contributed by atoms with E-state index in [1.54, 1.807) is 30.3 Å². The number of likely N-dealkylation sites (N-methyl/N-ethyl adjacent to an activating group) is 1. The van der Waals surface area contributed by atoms with Gasteiger partial charge in [0.15, 0.2) is 0 Å². The maximum Gasteiger partial charge on any atom is 0.241 e. The lowest BCUT2D eigenvalue weighted by atomic mass is 10.4. The van der Waals surface area contributed by atoms with Crippen LogP contribution in [0.3, 0.4) is 0 Å². The number of rotatable bonds is 6. The van der Waals surface area contributed by atoms with Crippen molar-refractivity contribution in [1.82, 2.24) is 9.88 Å². The molecule has 1 amide bonds. The molecule has 0 spiro atoms. The number of hydrogen-bond acceptors (Lipinski definition) is 4. The molecule has 94 valence electrons. The molecule has 1 aromatic rings. The molecule has 0 bridgehead atoms. The van der Waals surface area contributed by atoms with Crippen LogP contribution in [0.4, 0.5) is 5.82 Å². The van der Waals surface area contributed by atoms with Gasteiger partial charge in [0.1, 0.15) is 11.6 Å². The minimum atomic E-state index is 0.0765. The molecule has 1 N–H and O–H groups in total. The maximum absolute atomic E-state index is 11.7. The van der Waals surface area contributed by atoms with E-state index in [1.807, 2.05) is 13.8 Å². The van der Waals surface area contributed by atoms with Crippen molar-refractivity contribution < 1.29 is 9.53 Å². The summed E-state index contributed by atoms with van der Waals surface area (Å²) in [5, 5.41) is 2.99. The molecule has 1 rings (SSSR count). The lowest BCUT2D eigenvalue weighted by Gasteiger charge is -2.18. The molecule has 0 atom stereocenters. The molecule has 0 saturated carbocycles. The van der Waals surface area contributed by atoms with E-state index in [0.717, 1.165) is 13.1 Å². The minimum Gasteiger partial charge on any atom is -0.495 e. The average molecular weight is 237 g/mol. The first-order chi connectivity index (χ1) is 8.21. The van der Waals surface area contributed by atoms with Crippen molar-refractivity contribution >= 4 is 11.7 Å². The zero-order chi connectivity index (χ0) is 12.7. The first-order valence-electron chi connectivity index (χ1n) is 5.73. The third-order valence-corrected chi connectivity index (χ3v) is 2.51. The molecular formula is C12H19N3O2. The molecule has 5 heteroatoms. The van der Waals surface area contributed by atoms with Gasteiger partial charge in [-0.2, -0.15) is 0 Å². The molecule has 1 heterocycles. The van der Waals surface area contributed by atoms with Gasteiger partial charge in [-0.15, -0.1) is 0 Å². The highest BCUT2D eigenvalue weighted by Crippen LogP contribution is 2.10. The number of carbonyl (C=O) groups excluding carboxylic acids is 1. The minimum absolute atomic E-state index is 0.0765. The fourth-order valence-corrected chi connectivity index (χ4v) is 1.46. The number of aromatic nitrogens is 1. The van der Waals surface area contributed by atoms with Crippen molar-refractivity contribution in [3.05, 3.63) is 18.3 Å². The summed E-state index contributed by atoms with van der Waals surface area (Å²) in [6.45, 7) is 5.65. The fourth-order valence-electron chi connectivity index (χ4n) is 1.46. The Morgan fingerprint density at radius 1 is 1.41 bits per heavy atom. The summed E-state index contributed by atoms with van der Waals surface area (Å²) in [7, 11) is 1.59. The Bertz CT molecular complexity index is 347. The monoisotopic (exact) mass is 237 g/mol. The topological polar surface area (TPSA) is 54.5 Å². The first-order valence-corrected chi connectivity index (χ1v) is 5.73. The summed E-state index contributed by atoms with van der Waals surface area (Å²) in [5.41, 5.74) is 0. The molecular weight excluding hydrogens is 218 g/mol. The number of nitrogens with zero attached hydrogens (tertiary/aromatic N) is 2. The number of hydrogen-bond donors (Lipinski definition) is 1. The molecule has 1 aromatic heterocycles. The van der Waals surface area contributed by atoms with Gasteiger partial charge in [-0.1, -0.05) is 0 Å². The summed E-state index contributed by atoms with van der Waals surface area (Å²) in [6, 6.07) is 3.59. The van der Waals surface area contributed by atoms with Gasteiger partial charge < -0.3 is 15.0 Å². The molecule has 0 aliphatic rings. The van der Waals surface area contributed by atoms with Crippen molar-refractivity contribution in [2.45, 2.75) is 13.8 Å². The predicted octanol–water partition coefficient (Wildman–Crippen LogP) is 1.37. The summed E-state index contributed by atoms with van der Waals surface area (Å²) in [5.74, 6) is 1.45. The van der Waals surface area contributed by atoms with Gasteiger partial charge in [0.05, 0.1) is 19.9 Å². The Balaban J connectivity index is 2.46. The summed E-state index contributed by atoms with van der Waals surface area (Å²) in [4.78, 5) is 17.6. The van der Waals surface area contributed by atoms with Gasteiger partial charge in [-0.25, -0.2) is 4.98 Å². The van der Waals surface area contributed by atoms with Crippen molar-refractivity contribution in [3.63, 3.8) is 0 Å². The summed E-state index contributed by atoms with van der Waals surface area (Å²) >= 11 is 0. The Morgan fingerprint density at radius 2 is 2.12 bits per heavy atom. The molecule has 0 aliphatic heterocycles. The Morgan fingerprint density at radius 3 is 2.59 bits per heavy atom. The van der Waals surface area contributed by atoms with Crippen molar-refractivity contribution in [2.24, 2.45) is 0 Å². The molecule has 5 nitrogen and oxygen atoms in total. The van der Waals surface area contributed by atoms with Crippen LogP contribution in [0, 0.1) is 0 Å². The highest BCUT2D eigenvalue weighted by molar-refractivity contribution is 5.80. The van der Waals surface area contributed by atoms with E-state index in [4.69, 9.17) is 4.74 Å². The van der Waals surface area contributed by atoms with Gasteiger partial charge in [-0.05, 0) is 26.0 Å². The van der Waals surface area contributed by atoms with E-state index in [1.165, 1.54) is 0 Å². The second-order valence-corrected chi connectivity index (χ2v) is 3.50. The van der Waals surface area contributed by atoms with Crippen molar-refractivity contribution in [3.8, 4) is 5.75 Å². The van der Waals surface area contributed by atoms with Crippen LogP contribution in [-0.2, 0) is 4.79 Å². The SMILES string of the molecule is CCN(CC)C(=O)CNc1ccc(OC)cn1. The van der Waals surface area contributed by atoms with E-state index >= 15 is 0 Å². The summed E-state index contributed by atoms with van der Waals surface area (Å²) in [6.07, 6.45) is 1.62. The van der Waals surface area contributed by atoms with Crippen LogP contribution < -0.4 is 10.1 Å². The van der Waals surface area contributed by atoms with Crippen molar-refractivity contribution in [2.75, 3.05) is 32.1 Å². The van der Waals surface area contributed by atoms with Crippen LogP contribution in [0.2, 0.25) is 0 Å². The summed E-state index contributed by atoms with van der Waals surface area (Å²) < 4.78 is 5.00. The largest absolute Gasteiger partial charge is 0.495 e. The van der Waals surface area contributed by atoms with E-state index in [0.29, 0.717) is 11.6 Å². The van der Waals surface area contributed by atoms with E-state index in [2.05, 4.69) is 10.3 Å². The number of methoxy groups -OCH3 is 1. The Kier molecular flexibility index (Phi) is 5.26.